The number of pyridine rings is 1. The van der Waals surface area contributed by atoms with Crippen LogP contribution in [0.4, 0.5) is 0 Å². The van der Waals surface area contributed by atoms with Crippen LogP contribution in [0.5, 0.6) is 0 Å². The predicted molar refractivity (Wildman–Crippen MR) is 114 cm³/mol. The topological polar surface area (TPSA) is 74.2 Å². The second kappa shape index (κ2) is 8.51. The van der Waals surface area contributed by atoms with Crippen molar-refractivity contribution >= 4 is 22.7 Å². The molecule has 3 aromatic rings. The molecule has 1 fully saturated rings. The normalized spacial score (nSPS) is 18.0. The van der Waals surface area contributed by atoms with Crippen molar-refractivity contribution in [2.45, 2.75) is 24.3 Å². The third-order valence-electron chi connectivity index (χ3n) is 5.53. The van der Waals surface area contributed by atoms with E-state index in [0.717, 1.165) is 54.8 Å². The first-order valence-electron chi connectivity index (χ1n) is 9.73. The van der Waals surface area contributed by atoms with Gasteiger partial charge in [0.05, 0.1) is 5.56 Å². The lowest BCUT2D eigenvalue weighted by Crippen LogP contribution is -2.38. The van der Waals surface area contributed by atoms with Gasteiger partial charge in [-0.3, -0.25) is 4.79 Å². The molecule has 0 spiro atoms. The molecule has 1 atom stereocenters. The predicted octanol–water partition coefficient (Wildman–Crippen LogP) is 2.82. The zero-order valence-corrected chi connectivity index (χ0v) is 16.9. The van der Waals surface area contributed by atoms with E-state index in [1.807, 2.05) is 30.7 Å². The second-order valence-electron chi connectivity index (χ2n) is 7.40. The number of aliphatic hydroxyl groups is 1. The van der Waals surface area contributed by atoms with Gasteiger partial charge in [0.2, 0.25) is 0 Å². The highest BCUT2D eigenvalue weighted by molar-refractivity contribution is 7.98. The molecule has 148 valence electrons. The van der Waals surface area contributed by atoms with Gasteiger partial charge in [0, 0.05) is 49.0 Å². The van der Waals surface area contributed by atoms with Gasteiger partial charge in [0.1, 0.15) is 5.82 Å². The molecule has 7 heteroatoms. The van der Waals surface area contributed by atoms with Crippen LogP contribution in [0.1, 0.15) is 12.8 Å². The Morgan fingerprint density at radius 2 is 2.21 bits per heavy atom. The van der Waals surface area contributed by atoms with E-state index >= 15 is 0 Å². The monoisotopic (exact) mass is 398 g/mol. The van der Waals surface area contributed by atoms with Crippen LogP contribution < -0.4 is 5.56 Å². The summed E-state index contributed by atoms with van der Waals surface area (Å²) >= 11 is 1.66. The van der Waals surface area contributed by atoms with E-state index in [-0.39, 0.29) is 12.2 Å². The number of H-pyrrole nitrogens is 1. The quantitative estimate of drug-likeness (QED) is 0.625. The molecule has 4 rings (SSSR count). The maximum Gasteiger partial charge on any atom is 0.259 e. The maximum atomic E-state index is 12.7. The molecule has 2 N–H and O–H groups in total. The summed E-state index contributed by atoms with van der Waals surface area (Å²) in [6.07, 6.45) is 7.94. The van der Waals surface area contributed by atoms with Crippen LogP contribution in [0, 0.1) is 5.92 Å². The first-order chi connectivity index (χ1) is 13.7. The number of thioether (sulfide) groups is 1. The molecule has 1 aromatic carbocycles. The van der Waals surface area contributed by atoms with Gasteiger partial charge in [0.25, 0.3) is 5.56 Å². The van der Waals surface area contributed by atoms with E-state index in [2.05, 4.69) is 25.5 Å². The fourth-order valence-electron chi connectivity index (χ4n) is 3.96. The van der Waals surface area contributed by atoms with Gasteiger partial charge in [-0.05, 0) is 55.1 Å². The summed E-state index contributed by atoms with van der Waals surface area (Å²) in [5, 5.41) is 10.4. The van der Waals surface area contributed by atoms with Gasteiger partial charge < -0.3 is 19.6 Å². The summed E-state index contributed by atoms with van der Waals surface area (Å²) in [6, 6.07) is 8.04. The van der Waals surface area contributed by atoms with Crippen molar-refractivity contribution in [2.75, 3.05) is 32.5 Å². The van der Waals surface area contributed by atoms with Crippen molar-refractivity contribution in [3.8, 4) is 11.4 Å². The molecular formula is C21H26N4O2S. The summed E-state index contributed by atoms with van der Waals surface area (Å²) in [7, 11) is 0. The number of imidazole rings is 1. The number of hydrogen-bond acceptors (Lipinski definition) is 5. The van der Waals surface area contributed by atoms with Crippen LogP contribution in [0.2, 0.25) is 0 Å². The summed E-state index contributed by atoms with van der Waals surface area (Å²) in [5.41, 5.74) is 1.33. The van der Waals surface area contributed by atoms with Gasteiger partial charge in [-0.25, -0.2) is 4.98 Å². The zero-order valence-electron chi connectivity index (χ0n) is 16.1. The molecule has 1 aliphatic rings. The molecule has 1 aliphatic heterocycles. The van der Waals surface area contributed by atoms with Crippen molar-refractivity contribution in [1.82, 2.24) is 19.4 Å². The molecule has 28 heavy (non-hydrogen) atoms. The van der Waals surface area contributed by atoms with Gasteiger partial charge >= 0.3 is 0 Å². The molecule has 1 unspecified atom stereocenters. The Morgan fingerprint density at radius 3 is 3.04 bits per heavy atom. The highest BCUT2D eigenvalue weighted by Gasteiger charge is 2.19. The molecule has 0 amide bonds. The van der Waals surface area contributed by atoms with E-state index in [0.29, 0.717) is 17.3 Å². The Morgan fingerprint density at radius 1 is 1.32 bits per heavy atom. The zero-order chi connectivity index (χ0) is 19.5. The molecule has 6 nitrogen and oxygen atoms in total. The number of aromatic nitrogens is 3. The van der Waals surface area contributed by atoms with Crippen LogP contribution in [0.25, 0.3) is 22.3 Å². The van der Waals surface area contributed by atoms with E-state index in [1.54, 1.807) is 18.0 Å². The number of aliphatic hydroxyl groups excluding tert-OH is 1. The smallest absolute Gasteiger partial charge is 0.259 e. The number of likely N-dealkylation sites (tertiary alicyclic amines) is 1. The summed E-state index contributed by atoms with van der Waals surface area (Å²) in [5.74, 6) is 1.08. The van der Waals surface area contributed by atoms with Gasteiger partial charge in [-0.1, -0.05) is 6.07 Å². The first-order valence-corrected chi connectivity index (χ1v) is 11.0. The number of nitrogens with zero attached hydrogens (tertiary/aromatic N) is 3. The Balaban J connectivity index is 1.56. The first kappa shape index (κ1) is 19.2. The lowest BCUT2D eigenvalue weighted by Gasteiger charge is -2.31. The fourth-order valence-corrected chi connectivity index (χ4v) is 4.40. The lowest BCUT2D eigenvalue weighted by atomic mass is 9.99. The summed E-state index contributed by atoms with van der Waals surface area (Å²) in [4.78, 5) is 23.7. The minimum Gasteiger partial charge on any atom is -0.396 e. The number of hydrogen-bond donors (Lipinski definition) is 2. The number of rotatable bonds is 6. The van der Waals surface area contributed by atoms with Gasteiger partial charge in [-0.15, -0.1) is 11.8 Å². The highest BCUT2D eigenvalue weighted by atomic mass is 32.2. The Hall–Kier alpha value is -2.09. The Labute approximate surface area is 168 Å². The fraction of sp³-hybridized carbons (Fsp3) is 0.429. The number of benzene rings is 1. The van der Waals surface area contributed by atoms with Crippen LogP contribution in [0.3, 0.4) is 0 Å². The van der Waals surface area contributed by atoms with Crippen molar-refractivity contribution in [1.29, 1.82) is 0 Å². The molecule has 0 aliphatic carbocycles. The van der Waals surface area contributed by atoms with Gasteiger partial charge in [0.15, 0.2) is 0 Å². The van der Waals surface area contributed by atoms with E-state index in [9.17, 15) is 9.90 Å². The second-order valence-corrected chi connectivity index (χ2v) is 8.28. The summed E-state index contributed by atoms with van der Waals surface area (Å²) in [6.45, 7) is 3.93. The van der Waals surface area contributed by atoms with Gasteiger partial charge in [-0.2, -0.15) is 0 Å². The van der Waals surface area contributed by atoms with Crippen LogP contribution in [0.15, 0.2) is 46.3 Å². The molecule has 0 radical (unpaired) electrons. The van der Waals surface area contributed by atoms with E-state index in [4.69, 9.17) is 0 Å². The molecule has 2 aromatic heterocycles. The molecule has 0 saturated carbocycles. The number of aromatic amines is 1. The van der Waals surface area contributed by atoms with Crippen molar-refractivity contribution in [3.63, 3.8) is 0 Å². The Kier molecular flexibility index (Phi) is 5.85. The van der Waals surface area contributed by atoms with Crippen molar-refractivity contribution in [3.05, 3.63) is 47.0 Å². The third-order valence-corrected chi connectivity index (χ3v) is 6.25. The minimum atomic E-state index is -0.114. The maximum absolute atomic E-state index is 12.7. The minimum absolute atomic E-state index is 0.114. The average molecular weight is 399 g/mol. The standard InChI is InChI=1S/C21H26N4O2S/c1-28-17-5-4-16-11-18(21(27)23-19(16)12-17)20-22-6-8-25(20)10-9-24-7-2-3-15(13-24)14-26/h4-6,8,11-12,15,26H,2-3,7,9-10,13-14H2,1H3,(H,23,27). The van der Waals surface area contributed by atoms with E-state index < -0.39 is 0 Å². The SMILES string of the molecule is CSc1ccc2cc(-c3nccn3CCN3CCCC(CO)C3)c(=O)[nH]c2c1. The number of piperidine rings is 1. The molecule has 3 heterocycles. The molecular weight excluding hydrogens is 372 g/mol. The molecule has 1 saturated heterocycles. The van der Waals surface area contributed by atoms with Crippen LogP contribution in [-0.2, 0) is 6.54 Å². The largest absolute Gasteiger partial charge is 0.396 e. The highest BCUT2D eigenvalue weighted by Crippen LogP contribution is 2.23. The van der Waals surface area contributed by atoms with Crippen molar-refractivity contribution < 1.29 is 5.11 Å². The van der Waals surface area contributed by atoms with Crippen LogP contribution in [-0.4, -0.2) is 57.0 Å². The Bertz CT molecular complexity index is 1010. The summed E-state index contributed by atoms with van der Waals surface area (Å²) < 4.78 is 2.05. The van der Waals surface area contributed by atoms with Crippen molar-refractivity contribution in [2.24, 2.45) is 5.92 Å². The number of fused-ring (bicyclic) bond motifs is 1. The lowest BCUT2D eigenvalue weighted by molar-refractivity contribution is 0.118. The number of nitrogens with one attached hydrogen (secondary N) is 1. The average Bonchev–Trinajstić information content (AvgIpc) is 3.19. The van der Waals surface area contributed by atoms with E-state index in [1.165, 1.54) is 0 Å². The third kappa shape index (κ3) is 4.01. The molecule has 0 bridgehead atoms. The van der Waals surface area contributed by atoms with Crippen LogP contribution >= 0.6 is 11.8 Å².